The summed E-state index contributed by atoms with van der Waals surface area (Å²) in [4.78, 5) is 19.4. The maximum Gasteiger partial charge on any atom is 0.416 e. The lowest BCUT2D eigenvalue weighted by atomic mass is 10.1. The summed E-state index contributed by atoms with van der Waals surface area (Å²) < 4.78 is 41.4. The fourth-order valence-electron chi connectivity index (χ4n) is 3.74. The smallest absolute Gasteiger partial charge is 0.322 e. The van der Waals surface area contributed by atoms with E-state index in [1.165, 1.54) is 17.8 Å². The molecular formula is C22H18F3N3OS. The molecule has 154 valence electrons. The molecule has 8 heteroatoms. The fourth-order valence-corrected chi connectivity index (χ4v) is 4.81. The van der Waals surface area contributed by atoms with Gasteiger partial charge in [-0.05, 0) is 55.7 Å². The Kier molecular flexibility index (Phi) is 4.43. The number of nitrogens with zero attached hydrogens (tertiary/aromatic N) is 2. The number of halogens is 3. The van der Waals surface area contributed by atoms with Gasteiger partial charge >= 0.3 is 6.18 Å². The Balaban J connectivity index is 1.54. The molecule has 1 fully saturated rings. The van der Waals surface area contributed by atoms with Gasteiger partial charge in [0.1, 0.15) is 0 Å². The topological polar surface area (TPSA) is 50.7 Å². The van der Waals surface area contributed by atoms with Crippen molar-refractivity contribution in [3.8, 4) is 0 Å². The number of alkyl halides is 3. The zero-order valence-corrected chi connectivity index (χ0v) is 16.9. The van der Waals surface area contributed by atoms with Gasteiger partial charge in [-0.1, -0.05) is 23.4 Å². The number of thioether (sulfide) groups is 1. The van der Waals surface area contributed by atoms with Crippen LogP contribution in [0.4, 0.5) is 13.2 Å². The number of hydrogen-bond donors (Lipinski definition) is 1. The number of benzene rings is 2. The summed E-state index contributed by atoms with van der Waals surface area (Å²) >= 11 is 1.45. The molecule has 4 aromatic rings. The van der Waals surface area contributed by atoms with Crippen LogP contribution in [0.3, 0.4) is 0 Å². The van der Waals surface area contributed by atoms with Crippen molar-refractivity contribution in [1.82, 2.24) is 14.5 Å². The number of hydrogen-bond acceptors (Lipinski definition) is 3. The maximum atomic E-state index is 13.1. The summed E-state index contributed by atoms with van der Waals surface area (Å²) in [6, 6.07) is 11.5. The van der Waals surface area contributed by atoms with Gasteiger partial charge in [-0.2, -0.15) is 13.2 Å². The van der Waals surface area contributed by atoms with E-state index in [1.54, 1.807) is 6.07 Å². The molecule has 0 bridgehead atoms. The SMILES string of the molecule is Cc1ccc2[nH]c(=O)cc(CSc3nc4cc(C(F)(F)F)ccc4n3C3CC3)c2c1. The van der Waals surface area contributed by atoms with Crippen molar-refractivity contribution >= 4 is 33.7 Å². The molecule has 1 aliphatic rings. The Labute approximate surface area is 174 Å². The highest BCUT2D eigenvalue weighted by Crippen LogP contribution is 2.42. The average Bonchev–Trinajstić information content (AvgIpc) is 3.45. The second-order valence-electron chi connectivity index (χ2n) is 7.69. The predicted octanol–water partition coefficient (Wildman–Crippen LogP) is 5.83. The Bertz CT molecular complexity index is 1340. The normalized spacial score (nSPS) is 14.7. The molecule has 2 aromatic heterocycles. The van der Waals surface area contributed by atoms with E-state index in [0.717, 1.165) is 52.5 Å². The van der Waals surface area contributed by atoms with Crippen LogP contribution < -0.4 is 5.56 Å². The van der Waals surface area contributed by atoms with E-state index in [1.807, 2.05) is 29.7 Å². The number of aryl methyl sites for hydroxylation is 1. The quantitative estimate of drug-likeness (QED) is 0.415. The summed E-state index contributed by atoms with van der Waals surface area (Å²) in [6.45, 7) is 1.99. The van der Waals surface area contributed by atoms with Crippen molar-refractivity contribution in [2.24, 2.45) is 0 Å². The summed E-state index contributed by atoms with van der Waals surface area (Å²) in [7, 11) is 0. The van der Waals surface area contributed by atoms with Crippen LogP contribution in [0.1, 0.15) is 35.6 Å². The maximum absolute atomic E-state index is 13.1. The van der Waals surface area contributed by atoms with Crippen LogP contribution in [0.5, 0.6) is 0 Å². The first kappa shape index (κ1) is 19.2. The van der Waals surface area contributed by atoms with Crippen molar-refractivity contribution in [3.05, 3.63) is 69.5 Å². The second-order valence-corrected chi connectivity index (χ2v) is 8.64. The first-order chi connectivity index (χ1) is 14.3. The molecule has 0 unspecified atom stereocenters. The van der Waals surface area contributed by atoms with Crippen molar-refractivity contribution in [2.45, 2.75) is 42.9 Å². The molecule has 2 aromatic carbocycles. The van der Waals surface area contributed by atoms with E-state index in [0.29, 0.717) is 16.4 Å². The van der Waals surface area contributed by atoms with Crippen molar-refractivity contribution < 1.29 is 13.2 Å². The van der Waals surface area contributed by atoms with Gasteiger partial charge < -0.3 is 9.55 Å². The van der Waals surface area contributed by atoms with E-state index in [2.05, 4.69) is 9.97 Å². The molecule has 1 aliphatic carbocycles. The third kappa shape index (κ3) is 3.49. The van der Waals surface area contributed by atoms with Crippen molar-refractivity contribution in [1.29, 1.82) is 0 Å². The highest BCUT2D eigenvalue weighted by Gasteiger charge is 2.33. The Morgan fingerprint density at radius 2 is 1.97 bits per heavy atom. The van der Waals surface area contributed by atoms with E-state index in [-0.39, 0.29) is 11.6 Å². The van der Waals surface area contributed by atoms with E-state index in [9.17, 15) is 18.0 Å². The third-order valence-corrected chi connectivity index (χ3v) is 6.34. The molecule has 0 radical (unpaired) electrons. The van der Waals surface area contributed by atoms with Crippen LogP contribution in [0.15, 0.2) is 52.4 Å². The standard InChI is InChI=1S/C22H18F3N3OS/c1-12-2-6-17-16(8-12)13(9-20(29)26-17)11-30-21-27-18-10-14(22(23,24)25)3-7-19(18)28(21)15-4-5-15/h2-3,6-10,15H,4-5,11H2,1H3,(H,26,29). The van der Waals surface area contributed by atoms with Crippen LogP contribution in [0, 0.1) is 6.92 Å². The Morgan fingerprint density at radius 3 is 2.70 bits per heavy atom. The number of aromatic amines is 1. The molecule has 1 saturated carbocycles. The molecular weight excluding hydrogens is 411 g/mol. The van der Waals surface area contributed by atoms with Gasteiger partial charge in [0.05, 0.1) is 16.6 Å². The molecule has 0 saturated heterocycles. The average molecular weight is 429 g/mol. The second kappa shape index (κ2) is 6.91. The van der Waals surface area contributed by atoms with Crippen molar-refractivity contribution in [2.75, 3.05) is 0 Å². The van der Waals surface area contributed by atoms with Gasteiger partial charge in [0.25, 0.3) is 0 Å². The number of imidazole rings is 1. The first-order valence-corrected chi connectivity index (χ1v) is 10.6. The van der Waals surface area contributed by atoms with Gasteiger partial charge in [0.15, 0.2) is 5.16 Å². The Hall–Kier alpha value is -2.74. The van der Waals surface area contributed by atoms with Crippen LogP contribution in [-0.2, 0) is 11.9 Å². The largest absolute Gasteiger partial charge is 0.416 e. The van der Waals surface area contributed by atoms with Gasteiger partial charge in [0.2, 0.25) is 5.56 Å². The van der Waals surface area contributed by atoms with E-state index in [4.69, 9.17) is 0 Å². The van der Waals surface area contributed by atoms with Crippen molar-refractivity contribution in [3.63, 3.8) is 0 Å². The lowest BCUT2D eigenvalue weighted by molar-refractivity contribution is -0.137. The fraction of sp³-hybridized carbons (Fsp3) is 0.273. The number of rotatable bonds is 4. The monoisotopic (exact) mass is 429 g/mol. The lowest BCUT2D eigenvalue weighted by Gasteiger charge is -2.10. The number of H-pyrrole nitrogens is 1. The highest BCUT2D eigenvalue weighted by molar-refractivity contribution is 7.98. The summed E-state index contributed by atoms with van der Waals surface area (Å²) in [6.07, 6.45) is -2.41. The molecule has 30 heavy (non-hydrogen) atoms. The van der Waals surface area contributed by atoms with Crippen LogP contribution in [0.2, 0.25) is 0 Å². The number of aromatic nitrogens is 3. The molecule has 2 heterocycles. The van der Waals surface area contributed by atoms with E-state index >= 15 is 0 Å². The molecule has 0 aliphatic heterocycles. The summed E-state index contributed by atoms with van der Waals surface area (Å²) in [5.41, 5.74) is 2.95. The third-order valence-electron chi connectivity index (χ3n) is 5.34. The first-order valence-electron chi connectivity index (χ1n) is 9.64. The zero-order valence-electron chi connectivity index (χ0n) is 16.1. The van der Waals surface area contributed by atoms with Gasteiger partial charge in [-0.25, -0.2) is 4.98 Å². The van der Waals surface area contributed by atoms with Gasteiger partial charge in [0, 0.05) is 28.8 Å². The number of nitrogens with one attached hydrogen (secondary N) is 1. The van der Waals surface area contributed by atoms with Crippen LogP contribution in [-0.4, -0.2) is 14.5 Å². The molecule has 0 atom stereocenters. The van der Waals surface area contributed by atoms with Gasteiger partial charge in [-0.3, -0.25) is 4.79 Å². The predicted molar refractivity (Wildman–Crippen MR) is 112 cm³/mol. The molecule has 5 rings (SSSR count). The molecule has 0 spiro atoms. The summed E-state index contributed by atoms with van der Waals surface area (Å²) in [5.74, 6) is 0.506. The van der Waals surface area contributed by atoms with Crippen LogP contribution >= 0.6 is 11.8 Å². The minimum atomic E-state index is -4.40. The summed E-state index contributed by atoms with van der Waals surface area (Å²) in [5, 5.41) is 1.66. The number of fused-ring (bicyclic) bond motifs is 2. The Morgan fingerprint density at radius 1 is 1.17 bits per heavy atom. The minimum Gasteiger partial charge on any atom is -0.322 e. The molecule has 4 nitrogen and oxygen atoms in total. The lowest BCUT2D eigenvalue weighted by Crippen LogP contribution is -2.06. The zero-order chi connectivity index (χ0) is 21.0. The minimum absolute atomic E-state index is 0.174. The molecule has 1 N–H and O–H groups in total. The number of pyridine rings is 1. The van der Waals surface area contributed by atoms with Crippen LogP contribution in [0.25, 0.3) is 21.9 Å². The highest BCUT2D eigenvalue weighted by atomic mass is 32.2. The van der Waals surface area contributed by atoms with E-state index < -0.39 is 11.7 Å². The molecule has 0 amide bonds. The van der Waals surface area contributed by atoms with Gasteiger partial charge in [-0.15, -0.1) is 0 Å².